The van der Waals surface area contributed by atoms with Crippen molar-refractivity contribution in [2.24, 2.45) is 0 Å². The number of nitrogens with two attached hydrogens (primary N) is 1. The number of aromatic nitrogens is 2. The summed E-state index contributed by atoms with van der Waals surface area (Å²) in [6.07, 6.45) is 4.70. The van der Waals surface area contributed by atoms with Crippen molar-refractivity contribution in [3.05, 3.63) is 12.0 Å². The number of nitrogen functional groups attached to an aromatic ring is 1. The normalized spacial score (nSPS) is 18.6. The number of rotatable bonds is 3. The zero-order valence-corrected chi connectivity index (χ0v) is 8.91. The maximum atomic E-state index is 13.4. The minimum atomic E-state index is -0.547. The lowest BCUT2D eigenvalue weighted by atomic mass is 9.99. The molecule has 4 N–H and O–H groups in total. The Morgan fingerprint density at radius 2 is 2.19 bits per heavy atom. The van der Waals surface area contributed by atoms with Crippen LogP contribution in [0, 0.1) is 5.82 Å². The number of nitrogens with one attached hydrogen (secondary N) is 1. The van der Waals surface area contributed by atoms with Gasteiger partial charge < -0.3 is 16.2 Å². The van der Waals surface area contributed by atoms with Crippen LogP contribution in [0.5, 0.6) is 0 Å². The van der Waals surface area contributed by atoms with Crippen LogP contribution in [0.4, 0.5) is 16.2 Å². The van der Waals surface area contributed by atoms with E-state index in [2.05, 4.69) is 15.3 Å². The van der Waals surface area contributed by atoms with E-state index >= 15 is 0 Å². The average molecular weight is 226 g/mol. The van der Waals surface area contributed by atoms with E-state index < -0.39 is 11.4 Å². The van der Waals surface area contributed by atoms with Crippen molar-refractivity contribution in [2.75, 3.05) is 17.7 Å². The Morgan fingerprint density at radius 3 is 2.81 bits per heavy atom. The lowest BCUT2D eigenvalue weighted by Gasteiger charge is -2.28. The van der Waals surface area contributed by atoms with Gasteiger partial charge in [-0.3, -0.25) is 0 Å². The Morgan fingerprint density at radius 1 is 1.50 bits per heavy atom. The second-order valence-electron chi connectivity index (χ2n) is 4.20. The molecule has 5 nitrogen and oxygen atoms in total. The third-order valence-electron chi connectivity index (χ3n) is 3.01. The highest BCUT2D eigenvalue weighted by Crippen LogP contribution is 2.32. The monoisotopic (exact) mass is 226 g/mol. The quantitative estimate of drug-likeness (QED) is 0.713. The van der Waals surface area contributed by atoms with Crippen molar-refractivity contribution in [1.29, 1.82) is 0 Å². The molecule has 2 rings (SSSR count). The first-order chi connectivity index (χ1) is 7.65. The maximum absolute atomic E-state index is 13.4. The summed E-state index contributed by atoms with van der Waals surface area (Å²) in [6.45, 7) is -0.0314. The molecule has 1 aromatic heterocycles. The molecule has 1 fully saturated rings. The third-order valence-corrected chi connectivity index (χ3v) is 3.01. The van der Waals surface area contributed by atoms with Crippen molar-refractivity contribution in [1.82, 2.24) is 9.97 Å². The van der Waals surface area contributed by atoms with Crippen LogP contribution in [0.3, 0.4) is 0 Å². The Balaban J connectivity index is 2.21. The number of hydrogen-bond acceptors (Lipinski definition) is 5. The van der Waals surface area contributed by atoms with E-state index in [1.165, 1.54) is 0 Å². The topological polar surface area (TPSA) is 84.1 Å². The molecule has 0 atom stereocenters. The van der Waals surface area contributed by atoms with Crippen molar-refractivity contribution < 1.29 is 9.50 Å². The Labute approximate surface area is 92.9 Å². The van der Waals surface area contributed by atoms with Gasteiger partial charge in [-0.05, 0) is 12.8 Å². The minimum Gasteiger partial charge on any atom is -0.394 e. The summed E-state index contributed by atoms with van der Waals surface area (Å²) in [4.78, 5) is 7.35. The zero-order valence-electron chi connectivity index (χ0n) is 8.91. The van der Waals surface area contributed by atoms with Crippen molar-refractivity contribution >= 4 is 11.8 Å². The molecule has 16 heavy (non-hydrogen) atoms. The molecule has 1 heterocycles. The molecule has 6 heteroatoms. The summed E-state index contributed by atoms with van der Waals surface area (Å²) < 4.78 is 13.4. The summed E-state index contributed by atoms with van der Waals surface area (Å²) in [6, 6.07) is 0. The van der Waals surface area contributed by atoms with Crippen LogP contribution in [-0.2, 0) is 0 Å². The van der Waals surface area contributed by atoms with Gasteiger partial charge in [0.25, 0.3) is 0 Å². The molecule has 88 valence electrons. The molecule has 0 aromatic carbocycles. The summed E-state index contributed by atoms with van der Waals surface area (Å²) in [5.41, 5.74) is 4.94. The van der Waals surface area contributed by atoms with Gasteiger partial charge in [0.2, 0.25) is 5.95 Å². The van der Waals surface area contributed by atoms with E-state index in [1.54, 1.807) is 0 Å². The number of halogens is 1. The van der Waals surface area contributed by atoms with Gasteiger partial charge in [0.05, 0.1) is 18.3 Å². The molecule has 0 radical (unpaired) electrons. The van der Waals surface area contributed by atoms with E-state index in [0.717, 1.165) is 31.9 Å². The predicted molar refractivity (Wildman–Crippen MR) is 58.3 cm³/mol. The fraction of sp³-hybridized carbons (Fsp3) is 0.600. The molecular weight excluding hydrogens is 211 g/mol. The Kier molecular flexibility index (Phi) is 2.91. The Hall–Kier alpha value is -1.43. The third kappa shape index (κ3) is 2.06. The second-order valence-corrected chi connectivity index (χ2v) is 4.20. The van der Waals surface area contributed by atoms with Crippen LogP contribution >= 0.6 is 0 Å². The van der Waals surface area contributed by atoms with Crippen molar-refractivity contribution in [2.45, 2.75) is 31.2 Å². The highest BCUT2D eigenvalue weighted by Gasteiger charge is 2.34. The summed E-state index contributed by atoms with van der Waals surface area (Å²) >= 11 is 0. The molecule has 0 spiro atoms. The van der Waals surface area contributed by atoms with E-state index in [1.807, 2.05) is 0 Å². The number of nitrogens with zero attached hydrogens (tertiary/aromatic N) is 2. The largest absolute Gasteiger partial charge is 0.394 e. The molecule has 0 aliphatic heterocycles. The molecule has 0 bridgehead atoms. The number of aliphatic hydroxyl groups excluding tert-OH is 1. The van der Waals surface area contributed by atoms with Gasteiger partial charge >= 0.3 is 0 Å². The molecule has 1 aliphatic carbocycles. The van der Waals surface area contributed by atoms with Gasteiger partial charge in [0, 0.05) is 0 Å². The van der Waals surface area contributed by atoms with Crippen LogP contribution in [0.2, 0.25) is 0 Å². The van der Waals surface area contributed by atoms with Gasteiger partial charge in [-0.2, -0.15) is 4.98 Å². The first-order valence-electron chi connectivity index (χ1n) is 5.32. The van der Waals surface area contributed by atoms with Crippen molar-refractivity contribution in [3.8, 4) is 0 Å². The Bertz CT molecular complexity index is 379. The van der Waals surface area contributed by atoms with Crippen LogP contribution < -0.4 is 11.1 Å². The molecule has 1 aliphatic rings. The van der Waals surface area contributed by atoms with E-state index in [9.17, 15) is 9.50 Å². The smallest absolute Gasteiger partial charge is 0.222 e. The predicted octanol–water partition coefficient (Wildman–Crippen LogP) is 0.915. The lowest BCUT2D eigenvalue weighted by molar-refractivity contribution is 0.213. The van der Waals surface area contributed by atoms with Crippen LogP contribution in [-0.4, -0.2) is 27.2 Å². The second kappa shape index (κ2) is 4.21. The SMILES string of the molecule is Nc1ncc(F)c(NC2(CO)CCCC2)n1. The van der Waals surface area contributed by atoms with Gasteiger partial charge in [0.1, 0.15) is 0 Å². The van der Waals surface area contributed by atoms with Gasteiger partial charge in [-0.15, -0.1) is 0 Å². The van der Waals surface area contributed by atoms with Gasteiger partial charge in [-0.1, -0.05) is 12.8 Å². The standard InChI is InChI=1S/C10H15FN4O/c11-7-5-13-9(12)14-8(7)15-10(6-16)3-1-2-4-10/h5,16H,1-4,6H2,(H3,12,13,14,15). The van der Waals surface area contributed by atoms with E-state index in [4.69, 9.17) is 5.73 Å². The number of aliphatic hydroxyl groups is 1. The van der Waals surface area contributed by atoms with Gasteiger partial charge in [-0.25, -0.2) is 9.37 Å². The summed E-state index contributed by atoms with van der Waals surface area (Å²) in [5.74, 6) is -0.452. The summed E-state index contributed by atoms with van der Waals surface area (Å²) in [5, 5.41) is 12.3. The highest BCUT2D eigenvalue weighted by atomic mass is 19.1. The fourth-order valence-corrected chi connectivity index (χ4v) is 2.09. The average Bonchev–Trinajstić information content (AvgIpc) is 2.73. The molecule has 0 amide bonds. The molecular formula is C10H15FN4O. The van der Waals surface area contributed by atoms with Crippen LogP contribution in [0.15, 0.2) is 6.20 Å². The molecule has 0 saturated heterocycles. The molecule has 1 saturated carbocycles. The number of anilines is 2. The van der Waals surface area contributed by atoms with Gasteiger partial charge in [0.15, 0.2) is 11.6 Å². The van der Waals surface area contributed by atoms with Crippen molar-refractivity contribution in [3.63, 3.8) is 0 Å². The first kappa shape index (κ1) is 11.1. The van der Waals surface area contributed by atoms with Crippen LogP contribution in [0.25, 0.3) is 0 Å². The fourth-order valence-electron chi connectivity index (χ4n) is 2.09. The van der Waals surface area contributed by atoms with Crippen LogP contribution in [0.1, 0.15) is 25.7 Å². The maximum Gasteiger partial charge on any atom is 0.222 e. The highest BCUT2D eigenvalue weighted by molar-refractivity contribution is 5.42. The van der Waals surface area contributed by atoms with E-state index in [-0.39, 0.29) is 18.4 Å². The first-order valence-corrected chi connectivity index (χ1v) is 5.32. The van der Waals surface area contributed by atoms with E-state index in [0.29, 0.717) is 0 Å². The summed E-state index contributed by atoms with van der Waals surface area (Å²) in [7, 11) is 0. The molecule has 0 unspecified atom stereocenters. The lowest BCUT2D eigenvalue weighted by Crippen LogP contribution is -2.39. The number of hydrogen-bond donors (Lipinski definition) is 3. The molecule has 1 aromatic rings. The zero-order chi connectivity index (χ0) is 11.6. The minimum absolute atomic E-state index is 0.0231.